The first kappa shape index (κ1) is 21.7. The summed E-state index contributed by atoms with van der Waals surface area (Å²) in [5.74, 6) is 1.13. The van der Waals surface area contributed by atoms with Crippen molar-refractivity contribution in [3.8, 4) is 0 Å². The van der Waals surface area contributed by atoms with Gasteiger partial charge in [0.2, 0.25) is 0 Å². The van der Waals surface area contributed by atoms with Crippen LogP contribution in [-0.2, 0) is 4.79 Å². The first-order chi connectivity index (χ1) is 12.2. The molecule has 1 aliphatic carbocycles. The summed E-state index contributed by atoms with van der Waals surface area (Å²) in [5.41, 5.74) is 0. The Kier molecular flexibility index (Phi) is 13.0. The molecule has 2 heteroatoms. The molecule has 0 aromatic heterocycles. The molecule has 0 spiro atoms. The average molecular weight is 347 g/mol. The van der Waals surface area contributed by atoms with Gasteiger partial charge in [0, 0.05) is 6.42 Å². The van der Waals surface area contributed by atoms with Gasteiger partial charge in [0.1, 0.15) is 0 Å². The van der Waals surface area contributed by atoms with Crippen LogP contribution in [0.5, 0.6) is 0 Å². The number of carboxylic acid groups (broad SMARTS) is 1. The first-order valence-corrected chi connectivity index (χ1v) is 10.4. The second-order valence-corrected chi connectivity index (χ2v) is 7.34. The van der Waals surface area contributed by atoms with E-state index in [1.165, 1.54) is 51.4 Å². The Balaban J connectivity index is 2.06. The lowest BCUT2D eigenvalue weighted by atomic mass is 9.95. The monoisotopic (exact) mass is 346 g/mol. The number of unbranched alkanes of at least 4 members (excludes halogenated alkanes) is 5. The summed E-state index contributed by atoms with van der Waals surface area (Å²) < 4.78 is 0. The zero-order valence-electron chi connectivity index (χ0n) is 16.2. The van der Waals surface area contributed by atoms with E-state index in [4.69, 9.17) is 5.11 Å². The maximum Gasteiger partial charge on any atom is 0.303 e. The SMILES string of the molecule is CCCCC/C=C\C[C@H](C/C=C/CC/C=C\CCCC(=O)O)C1CC1. The van der Waals surface area contributed by atoms with E-state index in [0.717, 1.165) is 37.5 Å². The van der Waals surface area contributed by atoms with E-state index in [0.29, 0.717) is 0 Å². The number of rotatable bonds is 16. The third-order valence-electron chi connectivity index (χ3n) is 4.90. The lowest BCUT2D eigenvalue weighted by Crippen LogP contribution is -1.99. The highest BCUT2D eigenvalue weighted by molar-refractivity contribution is 5.66. The third kappa shape index (κ3) is 13.6. The molecule has 1 atom stereocenters. The molecule has 0 heterocycles. The molecular weight excluding hydrogens is 308 g/mol. The van der Waals surface area contributed by atoms with Crippen LogP contribution in [0.15, 0.2) is 36.5 Å². The Morgan fingerprint density at radius 1 is 0.880 bits per heavy atom. The Morgan fingerprint density at radius 3 is 2.04 bits per heavy atom. The van der Waals surface area contributed by atoms with E-state index in [9.17, 15) is 4.79 Å². The van der Waals surface area contributed by atoms with Gasteiger partial charge in [-0.05, 0) is 76.0 Å². The zero-order valence-corrected chi connectivity index (χ0v) is 16.2. The number of carbonyl (C=O) groups is 1. The topological polar surface area (TPSA) is 37.3 Å². The maximum atomic E-state index is 10.4. The molecular formula is C23H38O2. The highest BCUT2D eigenvalue weighted by Gasteiger charge is 2.29. The minimum absolute atomic E-state index is 0.278. The number of aliphatic carboxylic acids is 1. The first-order valence-electron chi connectivity index (χ1n) is 10.4. The Hall–Kier alpha value is -1.31. The molecule has 0 bridgehead atoms. The van der Waals surface area contributed by atoms with Gasteiger partial charge in [0.25, 0.3) is 0 Å². The Morgan fingerprint density at radius 2 is 1.44 bits per heavy atom. The van der Waals surface area contributed by atoms with Gasteiger partial charge in [-0.3, -0.25) is 4.79 Å². The van der Waals surface area contributed by atoms with Crippen molar-refractivity contribution in [2.75, 3.05) is 0 Å². The number of hydrogen-bond donors (Lipinski definition) is 1. The highest BCUT2D eigenvalue weighted by Crippen LogP contribution is 2.40. The quantitative estimate of drug-likeness (QED) is 0.239. The van der Waals surface area contributed by atoms with E-state index >= 15 is 0 Å². The van der Waals surface area contributed by atoms with Crippen LogP contribution >= 0.6 is 0 Å². The van der Waals surface area contributed by atoms with Crippen molar-refractivity contribution in [2.45, 2.75) is 90.4 Å². The lowest BCUT2D eigenvalue weighted by Gasteiger charge is -2.11. The highest BCUT2D eigenvalue weighted by atomic mass is 16.4. The van der Waals surface area contributed by atoms with Gasteiger partial charge in [-0.25, -0.2) is 0 Å². The normalized spacial score (nSPS) is 16.4. The molecule has 0 aliphatic heterocycles. The minimum atomic E-state index is -0.697. The van der Waals surface area contributed by atoms with Crippen molar-refractivity contribution in [1.29, 1.82) is 0 Å². The number of hydrogen-bond acceptors (Lipinski definition) is 1. The fourth-order valence-electron chi connectivity index (χ4n) is 3.14. The molecule has 0 aromatic rings. The van der Waals surface area contributed by atoms with Crippen LogP contribution in [0.25, 0.3) is 0 Å². The predicted molar refractivity (Wildman–Crippen MR) is 108 cm³/mol. The molecule has 0 saturated heterocycles. The summed E-state index contributed by atoms with van der Waals surface area (Å²) in [7, 11) is 0. The molecule has 0 aromatic carbocycles. The fraction of sp³-hybridized carbons (Fsp3) is 0.696. The summed E-state index contributed by atoms with van der Waals surface area (Å²) in [4.78, 5) is 10.4. The van der Waals surface area contributed by atoms with Gasteiger partial charge in [0.05, 0.1) is 0 Å². The van der Waals surface area contributed by atoms with Crippen molar-refractivity contribution in [2.24, 2.45) is 11.8 Å². The molecule has 1 saturated carbocycles. The molecule has 0 amide bonds. The molecule has 1 N–H and O–H groups in total. The van der Waals surface area contributed by atoms with Crippen molar-refractivity contribution >= 4 is 5.97 Å². The largest absolute Gasteiger partial charge is 0.481 e. The smallest absolute Gasteiger partial charge is 0.303 e. The van der Waals surface area contributed by atoms with Crippen molar-refractivity contribution in [1.82, 2.24) is 0 Å². The van der Waals surface area contributed by atoms with Crippen LogP contribution in [0.4, 0.5) is 0 Å². The minimum Gasteiger partial charge on any atom is -0.481 e. The second kappa shape index (κ2) is 15.0. The van der Waals surface area contributed by atoms with Gasteiger partial charge >= 0.3 is 5.97 Å². The van der Waals surface area contributed by atoms with Gasteiger partial charge in [-0.15, -0.1) is 0 Å². The van der Waals surface area contributed by atoms with E-state index in [-0.39, 0.29) is 6.42 Å². The zero-order chi connectivity index (χ0) is 18.2. The summed E-state index contributed by atoms with van der Waals surface area (Å²) in [6.07, 6.45) is 28.5. The standard InChI is InChI=1S/C23H38O2/c1-2-3-4-5-10-13-16-21(22-19-20-22)17-14-11-8-6-7-9-12-15-18-23(24)25/h7,9-11,13-14,21-22H,2-6,8,12,15-20H2,1H3,(H,24,25)/b9-7-,13-10-,14-11+/t21-/m1/s1. The van der Waals surface area contributed by atoms with E-state index in [2.05, 4.69) is 43.4 Å². The fourth-order valence-corrected chi connectivity index (χ4v) is 3.14. The summed E-state index contributed by atoms with van der Waals surface area (Å²) in [5, 5.41) is 8.57. The number of allylic oxidation sites excluding steroid dienone is 6. The van der Waals surface area contributed by atoms with E-state index in [1.54, 1.807) is 0 Å². The lowest BCUT2D eigenvalue weighted by molar-refractivity contribution is -0.137. The number of carboxylic acids is 1. The van der Waals surface area contributed by atoms with E-state index in [1.807, 2.05) is 0 Å². The van der Waals surface area contributed by atoms with Gasteiger partial charge in [0.15, 0.2) is 0 Å². The molecule has 25 heavy (non-hydrogen) atoms. The molecule has 0 radical (unpaired) electrons. The third-order valence-corrected chi connectivity index (χ3v) is 4.90. The van der Waals surface area contributed by atoms with Crippen molar-refractivity contribution in [3.05, 3.63) is 36.5 Å². The van der Waals surface area contributed by atoms with Crippen molar-refractivity contribution < 1.29 is 9.90 Å². The van der Waals surface area contributed by atoms with Gasteiger partial charge in [-0.2, -0.15) is 0 Å². The predicted octanol–water partition coefficient (Wildman–Crippen LogP) is 7.08. The van der Waals surface area contributed by atoms with E-state index < -0.39 is 5.97 Å². The maximum absolute atomic E-state index is 10.4. The molecule has 1 fully saturated rings. The van der Waals surface area contributed by atoms with Crippen LogP contribution in [0, 0.1) is 11.8 Å². The van der Waals surface area contributed by atoms with Gasteiger partial charge in [-0.1, -0.05) is 56.2 Å². The van der Waals surface area contributed by atoms with Gasteiger partial charge < -0.3 is 5.11 Å². The van der Waals surface area contributed by atoms with Crippen LogP contribution < -0.4 is 0 Å². The van der Waals surface area contributed by atoms with Crippen LogP contribution in [0.1, 0.15) is 90.4 Å². The Bertz CT molecular complexity index is 416. The molecule has 142 valence electrons. The molecule has 1 aliphatic rings. The van der Waals surface area contributed by atoms with Crippen LogP contribution in [-0.4, -0.2) is 11.1 Å². The molecule has 2 nitrogen and oxygen atoms in total. The van der Waals surface area contributed by atoms with Crippen LogP contribution in [0.2, 0.25) is 0 Å². The average Bonchev–Trinajstić information content (AvgIpc) is 3.42. The Labute approximate surface area is 155 Å². The summed E-state index contributed by atoms with van der Waals surface area (Å²) >= 11 is 0. The molecule has 1 rings (SSSR count). The van der Waals surface area contributed by atoms with Crippen molar-refractivity contribution in [3.63, 3.8) is 0 Å². The summed E-state index contributed by atoms with van der Waals surface area (Å²) in [6, 6.07) is 0. The van der Waals surface area contributed by atoms with Crippen LogP contribution in [0.3, 0.4) is 0 Å². The molecule has 0 unspecified atom stereocenters. The summed E-state index contributed by atoms with van der Waals surface area (Å²) in [6.45, 7) is 2.26. The second-order valence-electron chi connectivity index (χ2n) is 7.34.